The average molecular weight is 412 g/mol. The van der Waals surface area contributed by atoms with E-state index in [-0.39, 0.29) is 30.2 Å². The molecule has 2 aromatic carbocycles. The maximum atomic E-state index is 13.9. The van der Waals surface area contributed by atoms with Crippen LogP contribution in [-0.2, 0) is 0 Å². The van der Waals surface area contributed by atoms with E-state index in [1.165, 1.54) is 12.1 Å². The Kier molecular flexibility index (Phi) is 5.28. The quantitative estimate of drug-likeness (QED) is 0.685. The summed E-state index contributed by atoms with van der Waals surface area (Å²) in [7, 11) is 0. The smallest absolute Gasteiger partial charge is 0.254 e. The molecule has 29 heavy (non-hydrogen) atoms. The highest BCUT2D eigenvalue weighted by Crippen LogP contribution is 2.38. The van der Waals surface area contributed by atoms with Gasteiger partial charge in [0.15, 0.2) is 0 Å². The number of pyridine rings is 1. The molecule has 1 saturated carbocycles. The highest BCUT2D eigenvalue weighted by Gasteiger charge is 2.42. The Morgan fingerprint density at radius 3 is 2.62 bits per heavy atom. The van der Waals surface area contributed by atoms with Gasteiger partial charge < -0.3 is 10.6 Å². The molecule has 1 aliphatic carbocycles. The molecule has 0 bridgehead atoms. The lowest BCUT2D eigenvalue weighted by molar-refractivity contribution is 0.0781. The molecule has 6 heteroatoms. The maximum Gasteiger partial charge on any atom is 0.254 e. The van der Waals surface area contributed by atoms with Gasteiger partial charge in [-0.3, -0.25) is 4.79 Å². The number of halogens is 2. The van der Waals surface area contributed by atoms with Crippen molar-refractivity contribution in [2.75, 3.05) is 13.1 Å². The van der Waals surface area contributed by atoms with Crippen LogP contribution in [0.15, 0.2) is 54.6 Å². The van der Waals surface area contributed by atoms with Crippen LogP contribution in [0, 0.1) is 17.7 Å². The van der Waals surface area contributed by atoms with Crippen LogP contribution in [0.5, 0.6) is 0 Å². The number of amides is 1. The maximum absolute atomic E-state index is 13.9. The van der Waals surface area contributed by atoms with Crippen LogP contribution in [-0.4, -0.2) is 34.9 Å². The lowest BCUT2D eigenvalue weighted by Crippen LogP contribution is -2.33. The number of benzene rings is 2. The molecule has 1 aliphatic heterocycles. The third-order valence-electron chi connectivity index (χ3n) is 6.27. The standard InChI is InChI=1S/C23H22FN3O.ClH/c24-16-7-8-17-18(23(28)27-12-15-6-9-20(25)19(15)13-27)11-21(26-22(17)10-16)14-4-2-1-3-5-14;/h1-5,7-8,10-11,15,19-20H,6,9,12-13,25H2;1H. The second-order valence-electron chi connectivity index (χ2n) is 7.96. The van der Waals surface area contributed by atoms with Gasteiger partial charge in [-0.25, -0.2) is 9.37 Å². The van der Waals surface area contributed by atoms with Crippen LogP contribution < -0.4 is 5.73 Å². The zero-order chi connectivity index (χ0) is 19.3. The fourth-order valence-corrected chi connectivity index (χ4v) is 4.78. The SMILES string of the molecule is Cl.NC1CCC2CN(C(=O)c3cc(-c4ccccc4)nc4cc(F)ccc34)CC12. The monoisotopic (exact) mass is 411 g/mol. The van der Waals surface area contributed by atoms with E-state index < -0.39 is 0 Å². The molecule has 2 aliphatic rings. The molecule has 0 spiro atoms. The van der Waals surface area contributed by atoms with E-state index in [0.29, 0.717) is 40.5 Å². The fraction of sp³-hybridized carbons (Fsp3) is 0.304. The fourth-order valence-electron chi connectivity index (χ4n) is 4.78. The molecule has 2 heterocycles. The van der Waals surface area contributed by atoms with Crippen molar-refractivity contribution in [3.63, 3.8) is 0 Å². The van der Waals surface area contributed by atoms with Crippen LogP contribution in [0.3, 0.4) is 0 Å². The van der Waals surface area contributed by atoms with Crippen LogP contribution >= 0.6 is 12.4 Å². The van der Waals surface area contributed by atoms with Gasteiger partial charge in [-0.15, -0.1) is 12.4 Å². The van der Waals surface area contributed by atoms with Crippen LogP contribution in [0.2, 0.25) is 0 Å². The van der Waals surface area contributed by atoms with Crippen LogP contribution in [0.1, 0.15) is 23.2 Å². The van der Waals surface area contributed by atoms with Gasteiger partial charge in [0.2, 0.25) is 0 Å². The lowest BCUT2D eigenvalue weighted by atomic mass is 9.98. The van der Waals surface area contributed by atoms with Gasteiger partial charge in [0.05, 0.1) is 16.8 Å². The number of fused-ring (bicyclic) bond motifs is 2. The van der Waals surface area contributed by atoms with E-state index >= 15 is 0 Å². The first-order valence-electron chi connectivity index (χ1n) is 9.81. The molecule has 0 radical (unpaired) electrons. The van der Waals surface area contributed by atoms with Gasteiger partial charge in [0.1, 0.15) is 5.82 Å². The van der Waals surface area contributed by atoms with Crippen LogP contribution in [0.25, 0.3) is 22.2 Å². The van der Waals surface area contributed by atoms with E-state index in [4.69, 9.17) is 5.73 Å². The summed E-state index contributed by atoms with van der Waals surface area (Å²) in [5.41, 5.74) is 8.90. The Balaban J connectivity index is 0.00000205. The summed E-state index contributed by atoms with van der Waals surface area (Å²) in [5, 5.41) is 0.687. The second-order valence-corrected chi connectivity index (χ2v) is 7.96. The molecule has 1 amide bonds. The van der Waals surface area contributed by atoms with Crippen molar-refractivity contribution >= 4 is 29.2 Å². The summed E-state index contributed by atoms with van der Waals surface area (Å²) in [4.78, 5) is 20.0. The molecule has 5 rings (SSSR count). The lowest BCUT2D eigenvalue weighted by Gasteiger charge is -2.20. The first kappa shape index (κ1) is 19.8. The molecular formula is C23H23ClFN3O. The number of rotatable bonds is 2. The molecule has 3 aromatic rings. The highest BCUT2D eigenvalue weighted by molar-refractivity contribution is 6.07. The number of carbonyl (C=O) groups excluding carboxylic acids is 1. The Morgan fingerprint density at radius 2 is 1.86 bits per heavy atom. The van der Waals surface area contributed by atoms with Gasteiger partial charge in [-0.2, -0.15) is 0 Å². The summed E-state index contributed by atoms with van der Waals surface area (Å²) in [6.45, 7) is 1.46. The third kappa shape index (κ3) is 3.49. The number of aromatic nitrogens is 1. The van der Waals surface area contributed by atoms with E-state index in [1.807, 2.05) is 41.3 Å². The second kappa shape index (κ2) is 7.73. The van der Waals surface area contributed by atoms with Gasteiger partial charge in [-0.1, -0.05) is 30.3 Å². The highest BCUT2D eigenvalue weighted by atomic mass is 35.5. The normalized spacial score (nSPS) is 23.1. The zero-order valence-electron chi connectivity index (χ0n) is 15.9. The van der Waals surface area contributed by atoms with Crippen molar-refractivity contribution in [3.8, 4) is 11.3 Å². The van der Waals surface area contributed by atoms with Gasteiger partial charge >= 0.3 is 0 Å². The molecule has 3 atom stereocenters. The van der Waals surface area contributed by atoms with Gasteiger partial charge in [0, 0.05) is 36.1 Å². The molecule has 2 fully saturated rings. The molecule has 1 saturated heterocycles. The van der Waals surface area contributed by atoms with Crippen molar-refractivity contribution in [2.24, 2.45) is 17.6 Å². The van der Waals surface area contributed by atoms with Crippen molar-refractivity contribution in [1.82, 2.24) is 9.88 Å². The van der Waals surface area contributed by atoms with E-state index in [0.717, 1.165) is 24.9 Å². The average Bonchev–Trinajstić information content (AvgIpc) is 3.29. The number of nitrogens with two attached hydrogens (primary N) is 1. The topological polar surface area (TPSA) is 59.2 Å². The first-order chi connectivity index (χ1) is 13.6. The third-order valence-corrected chi connectivity index (χ3v) is 6.27. The molecule has 150 valence electrons. The molecule has 4 nitrogen and oxygen atoms in total. The predicted molar refractivity (Wildman–Crippen MR) is 114 cm³/mol. The van der Waals surface area contributed by atoms with Crippen molar-refractivity contribution < 1.29 is 9.18 Å². The summed E-state index contributed by atoms with van der Waals surface area (Å²) in [5.74, 6) is 0.518. The largest absolute Gasteiger partial charge is 0.338 e. The molecule has 3 unspecified atom stereocenters. The predicted octanol–water partition coefficient (Wildman–Crippen LogP) is 4.27. The van der Waals surface area contributed by atoms with E-state index in [2.05, 4.69) is 4.98 Å². The number of carbonyl (C=O) groups is 1. The summed E-state index contributed by atoms with van der Waals surface area (Å²) < 4.78 is 13.9. The minimum absolute atomic E-state index is 0. The first-order valence-corrected chi connectivity index (χ1v) is 9.81. The minimum atomic E-state index is -0.356. The van der Waals surface area contributed by atoms with Crippen LogP contribution in [0.4, 0.5) is 4.39 Å². The number of hydrogen-bond acceptors (Lipinski definition) is 3. The molecular weight excluding hydrogens is 389 g/mol. The summed E-state index contributed by atoms with van der Waals surface area (Å²) >= 11 is 0. The Labute approximate surface area is 175 Å². The van der Waals surface area contributed by atoms with Crippen molar-refractivity contribution in [2.45, 2.75) is 18.9 Å². The van der Waals surface area contributed by atoms with Gasteiger partial charge in [0.25, 0.3) is 5.91 Å². The molecule has 2 N–H and O–H groups in total. The van der Waals surface area contributed by atoms with E-state index in [1.54, 1.807) is 6.07 Å². The number of likely N-dealkylation sites (tertiary alicyclic amines) is 1. The van der Waals surface area contributed by atoms with Crippen molar-refractivity contribution in [3.05, 3.63) is 66.0 Å². The Hall–Kier alpha value is -2.50. The Bertz CT molecular complexity index is 1060. The summed E-state index contributed by atoms with van der Waals surface area (Å²) in [6, 6.07) is 16.1. The van der Waals surface area contributed by atoms with E-state index in [9.17, 15) is 9.18 Å². The summed E-state index contributed by atoms with van der Waals surface area (Å²) in [6.07, 6.45) is 2.14. The minimum Gasteiger partial charge on any atom is -0.338 e. The van der Waals surface area contributed by atoms with Gasteiger partial charge in [-0.05, 0) is 42.9 Å². The van der Waals surface area contributed by atoms with Crippen molar-refractivity contribution in [1.29, 1.82) is 0 Å². The molecule has 1 aromatic heterocycles. The number of hydrogen-bond donors (Lipinski definition) is 1. The number of nitrogens with zero attached hydrogens (tertiary/aromatic N) is 2. The zero-order valence-corrected chi connectivity index (χ0v) is 16.7. The Morgan fingerprint density at radius 1 is 1.07 bits per heavy atom.